The normalized spacial score (nSPS) is 13.4. The van der Waals surface area contributed by atoms with Gasteiger partial charge in [0.1, 0.15) is 0 Å². The second-order valence-electron chi connectivity index (χ2n) is 6.04. The highest BCUT2D eigenvalue weighted by atomic mass is 16.2. The molecule has 0 radical (unpaired) electrons. The maximum atomic E-state index is 12.6. The number of fused-ring (bicyclic) bond motifs is 1. The number of nitrogens with zero attached hydrogens (tertiary/aromatic N) is 4. The average molecular weight is 328 g/mol. The SMILES string of the molecule is Cc1[nH]ncc1NC(=O)c1cncc2c1CCN(C(=O)N(C)C)C2. The van der Waals surface area contributed by atoms with E-state index in [4.69, 9.17) is 0 Å². The van der Waals surface area contributed by atoms with Crippen LogP contribution in [0.1, 0.15) is 27.2 Å². The second-order valence-corrected chi connectivity index (χ2v) is 6.04. The molecule has 0 unspecified atom stereocenters. The number of amides is 3. The fourth-order valence-corrected chi connectivity index (χ4v) is 2.80. The largest absolute Gasteiger partial charge is 0.331 e. The van der Waals surface area contributed by atoms with E-state index < -0.39 is 0 Å². The van der Waals surface area contributed by atoms with Crippen molar-refractivity contribution in [1.29, 1.82) is 0 Å². The molecule has 126 valence electrons. The number of hydrogen-bond acceptors (Lipinski definition) is 4. The van der Waals surface area contributed by atoms with Crippen molar-refractivity contribution in [2.75, 3.05) is 26.0 Å². The Balaban J connectivity index is 1.83. The smallest absolute Gasteiger partial charge is 0.319 e. The summed E-state index contributed by atoms with van der Waals surface area (Å²) < 4.78 is 0. The van der Waals surface area contributed by atoms with Gasteiger partial charge in [0.25, 0.3) is 5.91 Å². The van der Waals surface area contributed by atoms with Gasteiger partial charge in [-0.05, 0) is 24.5 Å². The molecule has 3 amide bonds. The molecular formula is C16H20N6O2. The topological polar surface area (TPSA) is 94.2 Å². The molecule has 0 saturated carbocycles. The molecule has 8 heteroatoms. The van der Waals surface area contributed by atoms with Crippen molar-refractivity contribution in [3.63, 3.8) is 0 Å². The molecule has 1 aliphatic heterocycles. The first kappa shape index (κ1) is 16.0. The molecule has 0 aliphatic carbocycles. The Hall–Kier alpha value is -2.90. The Labute approximate surface area is 139 Å². The van der Waals surface area contributed by atoms with Gasteiger partial charge in [0.2, 0.25) is 0 Å². The first-order valence-corrected chi connectivity index (χ1v) is 7.70. The van der Waals surface area contributed by atoms with Crippen LogP contribution in [-0.4, -0.2) is 57.6 Å². The second kappa shape index (κ2) is 6.31. The lowest BCUT2D eigenvalue weighted by Crippen LogP contribution is -2.42. The molecule has 3 heterocycles. The Bertz CT molecular complexity index is 783. The number of urea groups is 1. The van der Waals surface area contributed by atoms with Crippen LogP contribution in [0.25, 0.3) is 0 Å². The van der Waals surface area contributed by atoms with Crippen LogP contribution in [0, 0.1) is 6.92 Å². The summed E-state index contributed by atoms with van der Waals surface area (Å²) in [6, 6.07) is -0.0375. The fourth-order valence-electron chi connectivity index (χ4n) is 2.80. The van der Waals surface area contributed by atoms with Crippen LogP contribution in [0.3, 0.4) is 0 Å². The standard InChI is InChI=1S/C16H20N6O2/c1-10-14(8-18-20-10)19-15(23)13-7-17-6-11-9-22(5-4-12(11)13)16(24)21(2)3/h6-8H,4-5,9H2,1-3H3,(H,18,20)(H,19,23). The van der Waals surface area contributed by atoms with Crippen LogP contribution in [0.4, 0.5) is 10.5 Å². The summed E-state index contributed by atoms with van der Waals surface area (Å²) in [6.45, 7) is 2.89. The maximum Gasteiger partial charge on any atom is 0.319 e. The maximum absolute atomic E-state index is 12.6. The van der Waals surface area contributed by atoms with Gasteiger partial charge in [-0.15, -0.1) is 0 Å². The van der Waals surface area contributed by atoms with Crippen molar-refractivity contribution >= 4 is 17.6 Å². The molecule has 8 nitrogen and oxygen atoms in total. The Morgan fingerprint density at radius 2 is 2.08 bits per heavy atom. The summed E-state index contributed by atoms with van der Waals surface area (Å²) >= 11 is 0. The lowest BCUT2D eigenvalue weighted by atomic mass is 9.97. The molecule has 0 saturated heterocycles. The van der Waals surface area contributed by atoms with Crippen molar-refractivity contribution < 1.29 is 9.59 Å². The Morgan fingerprint density at radius 3 is 2.75 bits per heavy atom. The number of anilines is 1. The number of aromatic amines is 1. The zero-order valence-electron chi connectivity index (χ0n) is 14.0. The van der Waals surface area contributed by atoms with Gasteiger partial charge < -0.3 is 15.1 Å². The van der Waals surface area contributed by atoms with E-state index >= 15 is 0 Å². The van der Waals surface area contributed by atoms with Gasteiger partial charge in [0.15, 0.2) is 0 Å². The van der Waals surface area contributed by atoms with E-state index in [0.717, 1.165) is 16.8 Å². The summed E-state index contributed by atoms with van der Waals surface area (Å²) in [5.74, 6) is -0.212. The number of carbonyl (C=O) groups is 2. The van der Waals surface area contributed by atoms with E-state index in [1.807, 2.05) is 6.92 Å². The third-order valence-corrected chi connectivity index (χ3v) is 4.12. The summed E-state index contributed by atoms with van der Waals surface area (Å²) in [6.07, 6.45) is 5.51. The van der Waals surface area contributed by atoms with Gasteiger partial charge in [-0.1, -0.05) is 0 Å². The third kappa shape index (κ3) is 2.94. The predicted molar refractivity (Wildman–Crippen MR) is 88.7 cm³/mol. The quantitative estimate of drug-likeness (QED) is 0.871. The molecule has 0 atom stereocenters. The van der Waals surface area contributed by atoms with Gasteiger partial charge in [-0.25, -0.2) is 4.79 Å². The van der Waals surface area contributed by atoms with E-state index in [0.29, 0.717) is 30.8 Å². The number of aryl methyl sites for hydroxylation is 1. The van der Waals surface area contributed by atoms with Gasteiger partial charge >= 0.3 is 6.03 Å². The van der Waals surface area contributed by atoms with Crippen molar-refractivity contribution in [2.45, 2.75) is 19.9 Å². The molecule has 24 heavy (non-hydrogen) atoms. The summed E-state index contributed by atoms with van der Waals surface area (Å²) in [4.78, 5) is 32.2. The van der Waals surface area contributed by atoms with Crippen molar-refractivity contribution in [1.82, 2.24) is 25.0 Å². The van der Waals surface area contributed by atoms with E-state index in [1.165, 1.54) is 0 Å². The van der Waals surface area contributed by atoms with Gasteiger partial charge in [0.05, 0.1) is 23.1 Å². The highest BCUT2D eigenvalue weighted by Gasteiger charge is 2.25. The van der Waals surface area contributed by atoms with E-state index in [1.54, 1.807) is 42.5 Å². The van der Waals surface area contributed by atoms with Crippen LogP contribution in [0.15, 0.2) is 18.6 Å². The number of hydrogen-bond donors (Lipinski definition) is 2. The minimum absolute atomic E-state index is 0.0375. The molecule has 2 aromatic heterocycles. The molecule has 2 N–H and O–H groups in total. The average Bonchev–Trinajstić information content (AvgIpc) is 2.97. The Morgan fingerprint density at radius 1 is 1.29 bits per heavy atom. The molecule has 0 bridgehead atoms. The molecule has 0 spiro atoms. The minimum Gasteiger partial charge on any atom is -0.331 e. The zero-order chi connectivity index (χ0) is 17.3. The number of carbonyl (C=O) groups excluding carboxylic acids is 2. The fraction of sp³-hybridized carbons (Fsp3) is 0.375. The first-order valence-electron chi connectivity index (χ1n) is 7.70. The Kier molecular flexibility index (Phi) is 4.20. The lowest BCUT2D eigenvalue weighted by Gasteiger charge is -2.31. The van der Waals surface area contributed by atoms with E-state index in [9.17, 15) is 9.59 Å². The van der Waals surface area contributed by atoms with Crippen LogP contribution in [0.2, 0.25) is 0 Å². The molecule has 0 aromatic carbocycles. The van der Waals surface area contributed by atoms with Crippen molar-refractivity contribution in [3.8, 4) is 0 Å². The van der Waals surface area contributed by atoms with Gasteiger partial charge in [0, 0.05) is 39.6 Å². The number of nitrogens with one attached hydrogen (secondary N) is 2. The van der Waals surface area contributed by atoms with Crippen LogP contribution in [-0.2, 0) is 13.0 Å². The zero-order valence-corrected chi connectivity index (χ0v) is 14.0. The van der Waals surface area contributed by atoms with Crippen molar-refractivity contribution in [2.24, 2.45) is 0 Å². The molecule has 0 fully saturated rings. The highest BCUT2D eigenvalue weighted by Crippen LogP contribution is 2.23. The lowest BCUT2D eigenvalue weighted by molar-refractivity contribution is 0.102. The number of aromatic nitrogens is 3. The number of rotatable bonds is 2. The predicted octanol–water partition coefficient (Wildman–Crippen LogP) is 1.41. The van der Waals surface area contributed by atoms with E-state index in [-0.39, 0.29) is 11.9 Å². The van der Waals surface area contributed by atoms with Crippen molar-refractivity contribution in [3.05, 3.63) is 41.0 Å². The monoisotopic (exact) mass is 328 g/mol. The molecule has 1 aliphatic rings. The summed E-state index contributed by atoms with van der Waals surface area (Å²) in [5.41, 5.74) is 3.85. The molecular weight excluding hydrogens is 308 g/mol. The summed E-state index contributed by atoms with van der Waals surface area (Å²) in [7, 11) is 3.46. The van der Waals surface area contributed by atoms with Gasteiger partial charge in [-0.2, -0.15) is 5.10 Å². The third-order valence-electron chi connectivity index (χ3n) is 4.12. The molecule has 3 rings (SSSR count). The van der Waals surface area contributed by atoms with Crippen LogP contribution in [0.5, 0.6) is 0 Å². The number of H-pyrrole nitrogens is 1. The first-order chi connectivity index (χ1) is 11.5. The highest BCUT2D eigenvalue weighted by molar-refractivity contribution is 6.05. The van der Waals surface area contributed by atoms with E-state index in [2.05, 4.69) is 20.5 Å². The number of pyridine rings is 1. The summed E-state index contributed by atoms with van der Waals surface area (Å²) in [5, 5.41) is 9.53. The molecule has 2 aromatic rings. The van der Waals surface area contributed by atoms with Gasteiger partial charge in [-0.3, -0.25) is 14.9 Å². The van der Waals surface area contributed by atoms with Crippen LogP contribution >= 0.6 is 0 Å². The van der Waals surface area contributed by atoms with Crippen LogP contribution < -0.4 is 5.32 Å². The minimum atomic E-state index is -0.212.